The predicted octanol–water partition coefficient (Wildman–Crippen LogP) is 3.55. The fourth-order valence-corrected chi connectivity index (χ4v) is 4.10. The largest absolute Gasteiger partial charge is 0.374 e. The SMILES string of the molecule is C[C@H]1OCCN(C(=O)Nc2ccc3ncsc3c2)[C@@H]1c1nc(C2CC2)no1. The van der Waals surface area contributed by atoms with Gasteiger partial charge in [0.15, 0.2) is 5.82 Å². The van der Waals surface area contributed by atoms with Crippen LogP contribution >= 0.6 is 11.3 Å². The number of aromatic nitrogens is 3. The minimum absolute atomic E-state index is 0.204. The lowest BCUT2D eigenvalue weighted by atomic mass is 10.1. The predicted molar refractivity (Wildman–Crippen MR) is 99.8 cm³/mol. The quantitative estimate of drug-likeness (QED) is 0.741. The van der Waals surface area contributed by atoms with Gasteiger partial charge in [0.25, 0.3) is 5.89 Å². The number of rotatable bonds is 3. The number of ether oxygens (including phenoxy) is 1. The molecule has 1 aliphatic carbocycles. The summed E-state index contributed by atoms with van der Waals surface area (Å²) in [6, 6.07) is 5.09. The number of benzene rings is 1. The lowest BCUT2D eigenvalue weighted by molar-refractivity contribution is -0.0525. The first kappa shape index (κ1) is 16.6. The van der Waals surface area contributed by atoms with Crippen molar-refractivity contribution >= 4 is 33.3 Å². The van der Waals surface area contributed by atoms with E-state index in [9.17, 15) is 4.79 Å². The summed E-state index contributed by atoms with van der Waals surface area (Å²) in [5.74, 6) is 1.58. The van der Waals surface area contributed by atoms with Gasteiger partial charge in [0.05, 0.1) is 28.4 Å². The van der Waals surface area contributed by atoms with Gasteiger partial charge in [0.1, 0.15) is 6.04 Å². The van der Waals surface area contributed by atoms with Gasteiger partial charge in [0, 0.05) is 18.2 Å². The molecule has 2 atom stereocenters. The molecule has 3 heterocycles. The fourth-order valence-electron chi connectivity index (χ4n) is 3.39. The Morgan fingerprint density at radius 1 is 1.37 bits per heavy atom. The molecule has 5 rings (SSSR count). The van der Waals surface area contributed by atoms with Crippen molar-refractivity contribution in [3.8, 4) is 0 Å². The van der Waals surface area contributed by atoms with E-state index in [1.807, 2.05) is 25.1 Å². The highest BCUT2D eigenvalue weighted by Crippen LogP contribution is 2.39. The molecular weight excluding hydrogens is 366 g/mol. The van der Waals surface area contributed by atoms with Crippen LogP contribution in [0.2, 0.25) is 0 Å². The van der Waals surface area contributed by atoms with E-state index < -0.39 is 6.04 Å². The molecule has 27 heavy (non-hydrogen) atoms. The van der Waals surface area contributed by atoms with Crippen LogP contribution in [0.3, 0.4) is 0 Å². The number of nitrogens with one attached hydrogen (secondary N) is 1. The second kappa shape index (κ2) is 6.58. The van der Waals surface area contributed by atoms with E-state index in [4.69, 9.17) is 9.26 Å². The van der Waals surface area contributed by atoms with Gasteiger partial charge in [0.2, 0.25) is 0 Å². The normalized spacial score (nSPS) is 22.9. The van der Waals surface area contributed by atoms with Crippen LogP contribution in [-0.4, -0.2) is 45.3 Å². The molecule has 1 saturated heterocycles. The summed E-state index contributed by atoms with van der Waals surface area (Å²) < 4.78 is 12.3. The van der Waals surface area contributed by atoms with Crippen molar-refractivity contribution in [3.63, 3.8) is 0 Å². The zero-order valence-corrected chi connectivity index (χ0v) is 15.6. The maximum absolute atomic E-state index is 13.0. The third-order valence-corrected chi connectivity index (χ3v) is 5.78. The molecule has 0 unspecified atom stereocenters. The van der Waals surface area contributed by atoms with Gasteiger partial charge < -0.3 is 19.5 Å². The molecule has 1 saturated carbocycles. The molecule has 1 N–H and O–H groups in total. The van der Waals surface area contributed by atoms with Crippen molar-refractivity contribution in [2.24, 2.45) is 0 Å². The van der Waals surface area contributed by atoms with Crippen molar-refractivity contribution in [1.29, 1.82) is 0 Å². The number of carbonyl (C=O) groups excluding carboxylic acids is 1. The number of anilines is 1. The number of hydrogen-bond donors (Lipinski definition) is 1. The van der Waals surface area contributed by atoms with E-state index in [0.29, 0.717) is 25.0 Å². The van der Waals surface area contributed by atoms with Gasteiger partial charge >= 0.3 is 6.03 Å². The molecule has 9 heteroatoms. The molecule has 8 nitrogen and oxygen atoms in total. The van der Waals surface area contributed by atoms with Crippen LogP contribution < -0.4 is 5.32 Å². The summed E-state index contributed by atoms with van der Waals surface area (Å²) in [6.07, 6.45) is 1.97. The fraction of sp³-hybridized carbons (Fsp3) is 0.444. The number of nitrogens with zero attached hydrogens (tertiary/aromatic N) is 4. The molecule has 0 radical (unpaired) electrons. The second-order valence-electron chi connectivity index (χ2n) is 6.94. The van der Waals surface area contributed by atoms with Crippen LogP contribution in [0.1, 0.15) is 43.4 Å². The molecule has 3 aromatic rings. The summed E-state index contributed by atoms with van der Waals surface area (Å²) in [5, 5.41) is 7.06. The van der Waals surface area contributed by atoms with Crippen LogP contribution in [-0.2, 0) is 4.74 Å². The molecule has 2 fully saturated rings. The monoisotopic (exact) mass is 385 g/mol. The molecule has 0 bridgehead atoms. The number of urea groups is 1. The highest BCUT2D eigenvalue weighted by molar-refractivity contribution is 7.16. The molecular formula is C18H19N5O3S. The number of hydrogen-bond acceptors (Lipinski definition) is 7. The number of thiazole rings is 1. The highest BCUT2D eigenvalue weighted by Gasteiger charge is 2.39. The van der Waals surface area contributed by atoms with Crippen molar-refractivity contribution in [2.45, 2.75) is 37.8 Å². The topological polar surface area (TPSA) is 93.4 Å². The lowest BCUT2D eigenvalue weighted by Gasteiger charge is -2.37. The summed E-state index contributed by atoms with van der Waals surface area (Å²) in [5.41, 5.74) is 3.45. The summed E-state index contributed by atoms with van der Waals surface area (Å²) in [4.78, 5) is 23.5. The molecule has 2 aromatic heterocycles. The van der Waals surface area contributed by atoms with Gasteiger partial charge in [-0.2, -0.15) is 4.98 Å². The zero-order valence-electron chi connectivity index (χ0n) is 14.8. The minimum atomic E-state index is -0.397. The van der Waals surface area contributed by atoms with Crippen LogP contribution in [0.15, 0.2) is 28.2 Å². The van der Waals surface area contributed by atoms with Crippen LogP contribution in [0.5, 0.6) is 0 Å². The minimum Gasteiger partial charge on any atom is -0.374 e. The Morgan fingerprint density at radius 2 is 2.26 bits per heavy atom. The third-order valence-electron chi connectivity index (χ3n) is 4.99. The zero-order chi connectivity index (χ0) is 18.4. The number of morpholine rings is 1. The van der Waals surface area contributed by atoms with Crippen molar-refractivity contribution in [2.75, 3.05) is 18.5 Å². The number of fused-ring (bicyclic) bond motifs is 1. The smallest absolute Gasteiger partial charge is 0.322 e. The van der Waals surface area contributed by atoms with E-state index >= 15 is 0 Å². The summed E-state index contributed by atoms with van der Waals surface area (Å²) in [7, 11) is 0. The Hall–Kier alpha value is -2.52. The number of carbonyl (C=O) groups is 1. The summed E-state index contributed by atoms with van der Waals surface area (Å²) in [6.45, 7) is 2.86. The molecule has 1 aromatic carbocycles. The van der Waals surface area contributed by atoms with E-state index in [1.54, 1.807) is 21.7 Å². The standard InChI is InChI=1S/C18H19N5O3S/c1-10-15(17-21-16(22-26-17)11-2-3-11)23(6-7-25-10)18(24)20-12-4-5-13-14(8-12)27-9-19-13/h4-5,8-11,15H,2-3,6-7H2,1H3,(H,20,24)/t10-,15+/m1/s1. The Balaban J connectivity index is 1.38. The van der Waals surface area contributed by atoms with Crippen molar-refractivity contribution in [1.82, 2.24) is 20.0 Å². The van der Waals surface area contributed by atoms with E-state index in [-0.39, 0.29) is 12.1 Å². The van der Waals surface area contributed by atoms with E-state index in [1.165, 1.54) is 0 Å². The van der Waals surface area contributed by atoms with Crippen molar-refractivity contribution < 1.29 is 14.1 Å². The molecule has 140 valence electrons. The maximum Gasteiger partial charge on any atom is 0.322 e. The summed E-state index contributed by atoms with van der Waals surface area (Å²) >= 11 is 1.54. The first-order chi connectivity index (χ1) is 13.2. The third kappa shape index (κ3) is 3.17. The molecule has 2 aliphatic rings. The van der Waals surface area contributed by atoms with Crippen LogP contribution in [0.4, 0.5) is 10.5 Å². The average molecular weight is 385 g/mol. The van der Waals surface area contributed by atoms with E-state index in [0.717, 1.165) is 34.6 Å². The van der Waals surface area contributed by atoms with Crippen LogP contribution in [0.25, 0.3) is 10.2 Å². The Labute approximate surface area is 159 Å². The van der Waals surface area contributed by atoms with Gasteiger partial charge in [-0.05, 0) is 38.0 Å². The van der Waals surface area contributed by atoms with Gasteiger partial charge in [-0.3, -0.25) is 0 Å². The maximum atomic E-state index is 13.0. The van der Waals surface area contributed by atoms with Gasteiger partial charge in [-0.15, -0.1) is 11.3 Å². The average Bonchev–Trinajstić information content (AvgIpc) is 3.22. The first-order valence-electron chi connectivity index (χ1n) is 9.05. The first-order valence-corrected chi connectivity index (χ1v) is 9.93. The van der Waals surface area contributed by atoms with Crippen molar-refractivity contribution in [3.05, 3.63) is 35.4 Å². The Morgan fingerprint density at radius 3 is 3.11 bits per heavy atom. The van der Waals surface area contributed by atoms with Crippen LogP contribution in [0, 0.1) is 0 Å². The Bertz CT molecular complexity index is 982. The van der Waals surface area contributed by atoms with Gasteiger partial charge in [-0.1, -0.05) is 5.16 Å². The van der Waals surface area contributed by atoms with Gasteiger partial charge in [-0.25, -0.2) is 9.78 Å². The molecule has 0 spiro atoms. The molecule has 2 amide bonds. The highest BCUT2D eigenvalue weighted by atomic mass is 32.1. The second-order valence-corrected chi connectivity index (χ2v) is 7.83. The molecule has 1 aliphatic heterocycles. The number of amides is 2. The lowest BCUT2D eigenvalue weighted by Crippen LogP contribution is -2.49. The van der Waals surface area contributed by atoms with E-state index in [2.05, 4.69) is 20.4 Å². The Kier molecular flexibility index (Phi) is 4.05.